The summed E-state index contributed by atoms with van der Waals surface area (Å²) in [6.45, 7) is 2.36. The van der Waals surface area contributed by atoms with E-state index in [9.17, 15) is 4.79 Å². The van der Waals surface area contributed by atoms with Gasteiger partial charge in [-0.1, -0.05) is 29.8 Å². The topological polar surface area (TPSA) is 55.1 Å². The minimum Gasteiger partial charge on any atom is -0.441 e. The number of benzene rings is 2. The molecule has 0 fully saturated rings. The maximum atomic E-state index is 12.0. The van der Waals surface area contributed by atoms with Gasteiger partial charge in [-0.05, 0) is 36.2 Å². The van der Waals surface area contributed by atoms with Crippen LogP contribution in [0.4, 0.5) is 0 Å². The van der Waals surface area contributed by atoms with Crippen LogP contribution in [-0.4, -0.2) is 17.4 Å². The van der Waals surface area contributed by atoms with Gasteiger partial charge in [0.1, 0.15) is 5.52 Å². The third-order valence-corrected chi connectivity index (χ3v) is 3.71. The Bertz CT molecular complexity index is 826. The van der Waals surface area contributed by atoms with E-state index in [0.29, 0.717) is 23.0 Å². The zero-order chi connectivity index (χ0) is 15.5. The number of hydrogen-bond donors (Lipinski definition) is 1. The van der Waals surface area contributed by atoms with Crippen molar-refractivity contribution in [2.75, 3.05) is 6.54 Å². The summed E-state index contributed by atoms with van der Waals surface area (Å²) in [4.78, 5) is 16.4. The number of aromatic nitrogens is 1. The highest BCUT2D eigenvalue weighted by Gasteiger charge is 2.09. The van der Waals surface area contributed by atoms with Gasteiger partial charge in [-0.2, -0.15) is 0 Å². The van der Waals surface area contributed by atoms with Gasteiger partial charge in [0.05, 0.1) is 10.6 Å². The molecule has 1 N–H and O–H groups in total. The molecule has 0 atom stereocenters. The van der Waals surface area contributed by atoms with Crippen molar-refractivity contribution in [3.63, 3.8) is 0 Å². The molecule has 2 aromatic carbocycles. The maximum Gasteiger partial charge on any atom is 0.252 e. The second-order valence-corrected chi connectivity index (χ2v) is 5.43. The van der Waals surface area contributed by atoms with Crippen molar-refractivity contribution in [1.29, 1.82) is 0 Å². The van der Waals surface area contributed by atoms with Crippen LogP contribution in [0.1, 0.15) is 21.8 Å². The van der Waals surface area contributed by atoms with Gasteiger partial charge in [0.25, 0.3) is 5.91 Å². The smallest absolute Gasteiger partial charge is 0.252 e. The third kappa shape index (κ3) is 3.12. The Labute approximate surface area is 133 Å². The van der Waals surface area contributed by atoms with Crippen LogP contribution in [0.25, 0.3) is 11.1 Å². The normalized spacial score (nSPS) is 10.8. The number of rotatable bonds is 4. The molecule has 112 valence electrons. The average molecular weight is 315 g/mol. The predicted molar refractivity (Wildman–Crippen MR) is 86.2 cm³/mol. The SMILES string of the molecule is Cc1nc2cc(CCNC(=O)c3ccccc3Cl)ccc2o1. The molecule has 0 aliphatic rings. The highest BCUT2D eigenvalue weighted by molar-refractivity contribution is 6.33. The van der Waals surface area contributed by atoms with Crippen molar-refractivity contribution < 1.29 is 9.21 Å². The van der Waals surface area contributed by atoms with Gasteiger partial charge in [-0.25, -0.2) is 4.98 Å². The van der Waals surface area contributed by atoms with Crippen LogP contribution in [0, 0.1) is 6.92 Å². The van der Waals surface area contributed by atoms with Crippen molar-refractivity contribution in [2.45, 2.75) is 13.3 Å². The Morgan fingerprint density at radius 3 is 2.91 bits per heavy atom. The summed E-state index contributed by atoms with van der Waals surface area (Å²) in [5.74, 6) is 0.489. The largest absolute Gasteiger partial charge is 0.441 e. The van der Waals surface area contributed by atoms with Gasteiger partial charge < -0.3 is 9.73 Å². The van der Waals surface area contributed by atoms with Crippen LogP contribution in [0.15, 0.2) is 46.9 Å². The quantitative estimate of drug-likeness (QED) is 0.797. The lowest BCUT2D eigenvalue weighted by atomic mass is 10.1. The van der Waals surface area contributed by atoms with E-state index in [1.54, 1.807) is 24.3 Å². The first kappa shape index (κ1) is 14.6. The minimum atomic E-state index is -0.163. The predicted octanol–water partition coefficient (Wildman–Crippen LogP) is 3.76. The van der Waals surface area contributed by atoms with Crippen molar-refractivity contribution >= 4 is 28.6 Å². The number of carbonyl (C=O) groups excluding carboxylic acids is 1. The lowest BCUT2D eigenvalue weighted by molar-refractivity contribution is 0.0954. The summed E-state index contributed by atoms with van der Waals surface area (Å²) in [6, 6.07) is 12.9. The standard InChI is InChI=1S/C17H15ClN2O2/c1-11-20-15-10-12(6-7-16(15)22-11)8-9-19-17(21)13-4-2-3-5-14(13)18/h2-7,10H,8-9H2,1H3,(H,19,21). The molecule has 3 rings (SSSR count). The van der Waals surface area contributed by atoms with E-state index in [1.807, 2.05) is 25.1 Å². The number of hydrogen-bond acceptors (Lipinski definition) is 3. The molecule has 4 nitrogen and oxygen atoms in total. The number of halogens is 1. The molecule has 0 saturated heterocycles. The van der Waals surface area contributed by atoms with Gasteiger partial charge >= 0.3 is 0 Å². The fourth-order valence-corrected chi connectivity index (χ4v) is 2.53. The number of amides is 1. The molecule has 3 aromatic rings. The van der Waals surface area contributed by atoms with Crippen molar-refractivity contribution in [3.8, 4) is 0 Å². The molecular weight excluding hydrogens is 300 g/mol. The Kier molecular flexibility index (Phi) is 4.11. The molecule has 0 spiro atoms. The van der Waals surface area contributed by atoms with Crippen LogP contribution in [0.3, 0.4) is 0 Å². The summed E-state index contributed by atoms with van der Waals surface area (Å²) in [6.07, 6.45) is 0.720. The van der Waals surface area contributed by atoms with Gasteiger partial charge in [0.15, 0.2) is 11.5 Å². The molecule has 0 saturated carbocycles. The molecule has 0 bridgehead atoms. The highest BCUT2D eigenvalue weighted by Crippen LogP contribution is 2.17. The second kappa shape index (κ2) is 6.20. The highest BCUT2D eigenvalue weighted by atomic mass is 35.5. The van der Waals surface area contributed by atoms with Crippen molar-refractivity contribution in [2.24, 2.45) is 0 Å². The van der Waals surface area contributed by atoms with E-state index in [-0.39, 0.29) is 5.91 Å². The van der Waals surface area contributed by atoms with E-state index < -0.39 is 0 Å². The van der Waals surface area contributed by atoms with E-state index in [4.69, 9.17) is 16.0 Å². The monoisotopic (exact) mass is 314 g/mol. The maximum absolute atomic E-state index is 12.0. The average Bonchev–Trinajstić information content (AvgIpc) is 2.87. The Morgan fingerprint density at radius 1 is 1.27 bits per heavy atom. The fraction of sp³-hybridized carbons (Fsp3) is 0.176. The lowest BCUT2D eigenvalue weighted by Crippen LogP contribution is -2.25. The van der Waals surface area contributed by atoms with Crippen LogP contribution < -0.4 is 5.32 Å². The number of nitrogens with one attached hydrogen (secondary N) is 1. The van der Waals surface area contributed by atoms with Gasteiger partial charge in [-0.3, -0.25) is 4.79 Å². The number of fused-ring (bicyclic) bond motifs is 1. The van der Waals surface area contributed by atoms with Gasteiger partial charge in [-0.15, -0.1) is 0 Å². The van der Waals surface area contributed by atoms with Crippen LogP contribution in [-0.2, 0) is 6.42 Å². The van der Waals surface area contributed by atoms with Crippen LogP contribution >= 0.6 is 11.6 Å². The number of aryl methyl sites for hydroxylation is 1. The first-order chi connectivity index (χ1) is 10.6. The first-order valence-electron chi connectivity index (χ1n) is 7.02. The summed E-state index contributed by atoms with van der Waals surface area (Å²) in [5, 5.41) is 3.33. The molecule has 1 aromatic heterocycles. The molecule has 5 heteroatoms. The fourth-order valence-electron chi connectivity index (χ4n) is 2.30. The number of carbonyl (C=O) groups is 1. The Hall–Kier alpha value is -2.33. The zero-order valence-corrected chi connectivity index (χ0v) is 12.9. The second-order valence-electron chi connectivity index (χ2n) is 5.02. The summed E-state index contributed by atoms with van der Waals surface area (Å²) >= 11 is 6.00. The molecule has 22 heavy (non-hydrogen) atoms. The molecule has 1 heterocycles. The molecular formula is C17H15ClN2O2. The van der Waals surface area contributed by atoms with E-state index in [2.05, 4.69) is 10.3 Å². The zero-order valence-electron chi connectivity index (χ0n) is 12.1. The van der Waals surface area contributed by atoms with E-state index in [1.165, 1.54) is 0 Å². The summed E-state index contributed by atoms with van der Waals surface area (Å²) in [5.41, 5.74) is 3.21. The summed E-state index contributed by atoms with van der Waals surface area (Å²) < 4.78 is 5.44. The van der Waals surface area contributed by atoms with E-state index >= 15 is 0 Å². The minimum absolute atomic E-state index is 0.163. The van der Waals surface area contributed by atoms with E-state index in [0.717, 1.165) is 23.1 Å². The van der Waals surface area contributed by atoms with Crippen molar-refractivity contribution in [3.05, 3.63) is 64.5 Å². The molecule has 0 aliphatic carbocycles. The van der Waals surface area contributed by atoms with Crippen LogP contribution in [0.2, 0.25) is 5.02 Å². The van der Waals surface area contributed by atoms with Crippen molar-refractivity contribution in [1.82, 2.24) is 10.3 Å². The lowest BCUT2D eigenvalue weighted by Gasteiger charge is -2.06. The molecule has 1 amide bonds. The molecule has 0 radical (unpaired) electrons. The number of nitrogens with zero attached hydrogens (tertiary/aromatic N) is 1. The van der Waals surface area contributed by atoms with Gasteiger partial charge in [0, 0.05) is 13.5 Å². The van der Waals surface area contributed by atoms with Gasteiger partial charge in [0.2, 0.25) is 0 Å². The first-order valence-corrected chi connectivity index (χ1v) is 7.40. The number of oxazole rings is 1. The Balaban J connectivity index is 1.62. The van der Waals surface area contributed by atoms with Crippen LogP contribution in [0.5, 0.6) is 0 Å². The Morgan fingerprint density at radius 2 is 2.09 bits per heavy atom. The third-order valence-electron chi connectivity index (χ3n) is 3.38. The summed E-state index contributed by atoms with van der Waals surface area (Å²) in [7, 11) is 0. The molecule has 0 aliphatic heterocycles. The molecule has 0 unspecified atom stereocenters.